The second kappa shape index (κ2) is 17.0. The summed E-state index contributed by atoms with van der Waals surface area (Å²) < 4.78 is 67.0. The highest BCUT2D eigenvalue weighted by Crippen LogP contribution is 2.46. The molecule has 0 saturated carbocycles. The van der Waals surface area contributed by atoms with E-state index in [4.69, 9.17) is 13.9 Å². The summed E-state index contributed by atoms with van der Waals surface area (Å²) in [4.78, 5) is 27.0. The molecule has 0 aliphatic carbocycles. The maximum Gasteiger partial charge on any atom is 0.297 e. The molecule has 10 nitrogen and oxygen atoms in total. The van der Waals surface area contributed by atoms with Crippen molar-refractivity contribution in [1.82, 2.24) is 25.2 Å². The highest BCUT2D eigenvalue weighted by atomic mass is 28.4. The quantitative estimate of drug-likeness (QED) is 0.0860. The zero-order valence-corrected chi connectivity index (χ0v) is 35.1. The third kappa shape index (κ3) is 8.21. The summed E-state index contributed by atoms with van der Waals surface area (Å²) in [6.45, 7) is 15.9. The Kier molecular flexibility index (Phi) is 12.4. The van der Waals surface area contributed by atoms with E-state index in [0.29, 0.717) is 79.6 Å². The molecule has 3 fully saturated rings. The largest absolute Gasteiger partial charge is 0.543 e. The van der Waals surface area contributed by atoms with Crippen LogP contribution in [0.4, 0.5) is 13.2 Å². The first-order valence-corrected chi connectivity index (χ1v) is 22.9. The van der Waals surface area contributed by atoms with Gasteiger partial charge in [-0.25, -0.2) is 13.2 Å². The monoisotopic (exact) mass is 809 g/mol. The fourth-order valence-corrected chi connectivity index (χ4v) is 15.4. The Morgan fingerprint density at radius 1 is 1.07 bits per heavy atom. The first-order chi connectivity index (χ1) is 27.2. The number of ether oxygens (including phenoxy) is 2. The molecule has 7 rings (SSSR count). The van der Waals surface area contributed by atoms with Gasteiger partial charge in [-0.2, -0.15) is 4.98 Å². The first-order valence-electron chi connectivity index (χ1n) is 20.8. The van der Waals surface area contributed by atoms with Crippen LogP contribution < -0.4 is 20.0 Å². The van der Waals surface area contributed by atoms with Crippen molar-refractivity contribution in [3.63, 3.8) is 0 Å². The molecule has 3 aliphatic rings. The van der Waals surface area contributed by atoms with Crippen molar-refractivity contribution < 1.29 is 32.2 Å². The molecule has 57 heavy (non-hydrogen) atoms. The number of aromatic nitrogens is 3. The lowest BCUT2D eigenvalue weighted by Gasteiger charge is -2.42. The number of aliphatic hydroxyl groups excluding tert-OH is 1. The van der Waals surface area contributed by atoms with Crippen molar-refractivity contribution in [3.05, 3.63) is 58.0 Å². The van der Waals surface area contributed by atoms with Gasteiger partial charge in [0.15, 0.2) is 5.82 Å². The Labute approximate surface area is 334 Å². The van der Waals surface area contributed by atoms with Crippen LogP contribution in [0.2, 0.25) is 16.6 Å². The number of alkyl halides is 1. The Bertz CT molecular complexity index is 2110. The molecule has 0 spiro atoms. The number of halogens is 3. The summed E-state index contributed by atoms with van der Waals surface area (Å²) in [5.41, 5.74) is 0.0950. The lowest BCUT2D eigenvalue weighted by molar-refractivity contribution is 0.0463. The second-order valence-electron chi connectivity index (χ2n) is 17.4. The molecule has 310 valence electrons. The van der Waals surface area contributed by atoms with Gasteiger partial charge in [-0.15, -0.1) is 0 Å². The van der Waals surface area contributed by atoms with E-state index in [2.05, 4.69) is 66.7 Å². The number of hydrogen-bond donors (Lipinski definition) is 3. The van der Waals surface area contributed by atoms with Gasteiger partial charge >= 0.3 is 0 Å². The van der Waals surface area contributed by atoms with Crippen LogP contribution in [0, 0.1) is 11.6 Å². The van der Waals surface area contributed by atoms with E-state index in [1.54, 1.807) is 12.1 Å². The summed E-state index contributed by atoms with van der Waals surface area (Å²) in [6, 6.07) is 6.66. The average molecular weight is 810 g/mol. The van der Waals surface area contributed by atoms with Crippen molar-refractivity contribution in [1.29, 1.82) is 0 Å². The van der Waals surface area contributed by atoms with Gasteiger partial charge in [0.1, 0.15) is 35.6 Å². The number of aromatic amines is 1. The number of aliphatic hydroxyl groups is 1. The minimum absolute atomic E-state index is 0.0550. The molecular formula is C43H58F3N5O5Si. The molecule has 3 aliphatic heterocycles. The van der Waals surface area contributed by atoms with Gasteiger partial charge in [0.05, 0.1) is 23.1 Å². The third-order valence-corrected chi connectivity index (χ3v) is 18.8. The van der Waals surface area contributed by atoms with E-state index < -0.39 is 43.3 Å². The number of fused-ring (bicyclic) bond motifs is 3. The molecule has 0 bridgehead atoms. The fraction of sp³-hybridized carbons (Fsp3) is 0.605. The van der Waals surface area contributed by atoms with Crippen LogP contribution in [0.25, 0.3) is 32.9 Å². The molecule has 0 unspecified atom stereocenters. The van der Waals surface area contributed by atoms with Crippen LogP contribution in [-0.4, -0.2) is 96.6 Å². The van der Waals surface area contributed by atoms with E-state index in [-0.39, 0.29) is 51.9 Å². The minimum atomic E-state index is -2.49. The molecule has 0 radical (unpaired) electrons. The number of H-pyrrole nitrogens is 1. The molecule has 4 aromatic rings. The van der Waals surface area contributed by atoms with E-state index in [9.17, 15) is 14.3 Å². The van der Waals surface area contributed by atoms with E-state index in [0.717, 1.165) is 25.8 Å². The molecule has 0 amide bonds. The van der Waals surface area contributed by atoms with Gasteiger partial charge in [0.25, 0.3) is 19.9 Å². The topological polar surface area (TPSA) is 122 Å². The normalized spacial score (nSPS) is 23.3. The molecular weight excluding hydrogens is 752 g/mol. The van der Waals surface area contributed by atoms with Gasteiger partial charge in [0.2, 0.25) is 0 Å². The third-order valence-electron chi connectivity index (χ3n) is 12.8. The fourth-order valence-electron chi connectivity index (χ4n) is 10.1. The van der Waals surface area contributed by atoms with Crippen LogP contribution >= 0.6 is 0 Å². The number of rotatable bonds is 14. The second-order valence-corrected chi connectivity index (χ2v) is 22.8. The summed E-state index contributed by atoms with van der Waals surface area (Å²) in [5, 5.41) is 14.4. The van der Waals surface area contributed by atoms with Gasteiger partial charge < -0.3 is 24.3 Å². The zero-order valence-electron chi connectivity index (χ0n) is 34.1. The zero-order chi connectivity index (χ0) is 40.6. The predicted molar refractivity (Wildman–Crippen MR) is 219 cm³/mol. The van der Waals surface area contributed by atoms with Gasteiger partial charge in [-0.1, -0.05) is 47.6 Å². The van der Waals surface area contributed by atoms with Gasteiger partial charge in [-0.05, 0) is 96.2 Å². The number of benzene rings is 2. The summed E-state index contributed by atoms with van der Waals surface area (Å²) in [5.74, 6) is -0.716. The van der Waals surface area contributed by atoms with Crippen molar-refractivity contribution in [2.75, 3.05) is 39.4 Å². The molecule has 3 N–H and O–H groups in total. The number of pyridine rings is 1. The van der Waals surface area contributed by atoms with Crippen molar-refractivity contribution >= 4 is 30.0 Å². The van der Waals surface area contributed by atoms with Crippen molar-refractivity contribution in [3.8, 4) is 23.0 Å². The van der Waals surface area contributed by atoms with E-state index in [1.807, 2.05) is 6.07 Å². The van der Waals surface area contributed by atoms with Crippen LogP contribution in [0.3, 0.4) is 0 Å². The van der Waals surface area contributed by atoms with Crippen molar-refractivity contribution in [2.45, 2.75) is 127 Å². The maximum atomic E-state index is 17.1. The standard InChI is InChI=1S/C43H58F3N5O5Si/c1-25(2)57(26(3)4,27(5)6)56-32-17-28-10-13-36(45)33(9-7-16-54-31-12-11-30(52)20-47-21-31)37(28)34(18-32)39-38(46)40-35(22-48-39)41(53)50-42(49-40)55-24-43-14-8-15-51(43)23-29(44)19-43/h10,13,17-18,22,25-27,29-31,47,52H,7-9,11-12,14-16,19-21,23-24H2,1-6H3,(H,49,50,53)/t29-,30-,31+,43+/m1/s1. The Hall–Kier alpha value is -3.56. The van der Waals surface area contributed by atoms with E-state index >= 15 is 8.78 Å². The molecule has 3 saturated heterocycles. The van der Waals surface area contributed by atoms with Gasteiger partial charge in [-0.3, -0.25) is 19.7 Å². The Morgan fingerprint density at radius 3 is 2.60 bits per heavy atom. The molecule has 5 heterocycles. The number of aryl methyl sites for hydroxylation is 1. The number of hydrogen-bond acceptors (Lipinski definition) is 9. The van der Waals surface area contributed by atoms with Crippen LogP contribution in [-0.2, 0) is 11.2 Å². The highest BCUT2D eigenvalue weighted by molar-refractivity contribution is 6.78. The van der Waals surface area contributed by atoms with Crippen LogP contribution in [0.1, 0.15) is 85.6 Å². The lowest BCUT2D eigenvalue weighted by Crippen LogP contribution is -2.50. The van der Waals surface area contributed by atoms with Crippen molar-refractivity contribution in [2.24, 2.45) is 0 Å². The molecule has 2 aromatic carbocycles. The van der Waals surface area contributed by atoms with Crippen LogP contribution in [0.15, 0.2) is 35.3 Å². The number of nitrogens with one attached hydrogen (secondary N) is 2. The Balaban J connectivity index is 1.29. The number of nitrogens with zero attached hydrogens (tertiary/aromatic N) is 3. The summed E-state index contributed by atoms with van der Waals surface area (Å²) >= 11 is 0. The lowest BCUT2D eigenvalue weighted by atomic mass is 9.93. The summed E-state index contributed by atoms with van der Waals surface area (Å²) in [7, 11) is -2.49. The average Bonchev–Trinajstić information content (AvgIpc) is 3.60. The van der Waals surface area contributed by atoms with Crippen LogP contribution in [0.5, 0.6) is 11.8 Å². The first kappa shape index (κ1) is 41.6. The van der Waals surface area contributed by atoms with Gasteiger partial charge in [0, 0.05) is 44.4 Å². The molecule has 2 aromatic heterocycles. The highest BCUT2D eigenvalue weighted by Gasteiger charge is 2.50. The maximum absolute atomic E-state index is 17.1. The molecule has 4 atom stereocenters. The molecule has 14 heteroatoms. The Morgan fingerprint density at radius 2 is 1.84 bits per heavy atom. The minimum Gasteiger partial charge on any atom is -0.543 e. The van der Waals surface area contributed by atoms with E-state index in [1.165, 1.54) is 12.3 Å². The summed E-state index contributed by atoms with van der Waals surface area (Å²) in [6.07, 6.45) is 4.09. The SMILES string of the molecule is CC(C)[Si](Oc1cc(-c2ncc3c(=O)[nH]c(OC[C@@]45CCCN4C[C@H](F)C5)nc3c2F)c2c(CCCO[C@H]3CC[C@@H](O)CNC3)c(F)ccc2c1)(C(C)C)C(C)C. The number of β-amino-alcohol motifs (C(OH)–C–C–N with tert-alkyl or cyclic N) is 1. The smallest absolute Gasteiger partial charge is 0.297 e. The predicted octanol–water partition coefficient (Wildman–Crippen LogP) is 7.99.